The second-order valence-corrected chi connectivity index (χ2v) is 9.43. The first-order chi connectivity index (χ1) is 15.4. The molecule has 1 fully saturated rings. The Kier molecular flexibility index (Phi) is 5.06. The first-order valence-electron chi connectivity index (χ1n) is 11.0. The van der Waals surface area contributed by atoms with E-state index in [0.29, 0.717) is 17.6 Å². The van der Waals surface area contributed by atoms with Crippen molar-refractivity contribution in [1.82, 2.24) is 24.6 Å². The molecular formula is C25H27N5O2. The number of pyridine rings is 1. The lowest BCUT2D eigenvalue weighted by Gasteiger charge is -2.18. The number of likely N-dealkylation sites (tertiary alicyclic amines) is 1. The van der Waals surface area contributed by atoms with Gasteiger partial charge in [0.2, 0.25) is 0 Å². The number of aromatic amines is 1. The number of carbonyl (C=O) groups is 1. The number of fused-ring (bicyclic) bond motifs is 2. The molecule has 0 aliphatic carbocycles. The summed E-state index contributed by atoms with van der Waals surface area (Å²) in [6, 6.07) is 14.9. The molecule has 5 rings (SSSR count). The number of benzene rings is 1. The summed E-state index contributed by atoms with van der Waals surface area (Å²) in [6.45, 7) is 8.18. The molecule has 1 aliphatic heterocycles. The molecule has 2 N–H and O–H groups in total. The molecule has 0 saturated carbocycles. The van der Waals surface area contributed by atoms with Crippen molar-refractivity contribution in [3.63, 3.8) is 0 Å². The van der Waals surface area contributed by atoms with Crippen LogP contribution in [0.25, 0.3) is 16.6 Å². The number of aromatic nitrogens is 3. The summed E-state index contributed by atoms with van der Waals surface area (Å²) in [5.74, 6) is -0.364. The first kappa shape index (κ1) is 20.5. The van der Waals surface area contributed by atoms with Crippen molar-refractivity contribution in [2.24, 2.45) is 5.41 Å². The average molecular weight is 430 g/mol. The Labute approximate surface area is 186 Å². The van der Waals surface area contributed by atoms with Crippen LogP contribution in [-0.4, -0.2) is 38.3 Å². The Morgan fingerprint density at radius 1 is 1.19 bits per heavy atom. The maximum absolute atomic E-state index is 12.6. The highest BCUT2D eigenvalue weighted by molar-refractivity contribution is 5.92. The van der Waals surface area contributed by atoms with E-state index in [4.69, 9.17) is 0 Å². The zero-order valence-electron chi connectivity index (χ0n) is 18.4. The van der Waals surface area contributed by atoms with Crippen molar-refractivity contribution in [3.8, 4) is 0 Å². The van der Waals surface area contributed by atoms with Gasteiger partial charge < -0.3 is 10.3 Å². The van der Waals surface area contributed by atoms with Crippen molar-refractivity contribution in [1.29, 1.82) is 0 Å². The van der Waals surface area contributed by atoms with Gasteiger partial charge in [0.15, 0.2) is 0 Å². The molecule has 4 heterocycles. The van der Waals surface area contributed by atoms with E-state index >= 15 is 0 Å². The SMILES string of the molecule is CC1(C)CCN(Cc2cc3ccc(CNC(=O)c4cc(=O)n5ccccc5n4)cc3[nH]2)C1. The van der Waals surface area contributed by atoms with Crippen LogP contribution in [-0.2, 0) is 13.1 Å². The Balaban J connectivity index is 1.27. The minimum absolute atomic E-state index is 0.123. The second kappa shape index (κ2) is 7.91. The molecule has 1 amide bonds. The molecule has 1 aromatic carbocycles. The predicted octanol–water partition coefficient (Wildman–Crippen LogP) is 3.34. The number of hydrogen-bond acceptors (Lipinski definition) is 4. The Morgan fingerprint density at radius 3 is 2.88 bits per heavy atom. The molecule has 1 saturated heterocycles. The quantitative estimate of drug-likeness (QED) is 0.510. The largest absolute Gasteiger partial charge is 0.357 e. The highest BCUT2D eigenvalue weighted by Gasteiger charge is 2.29. The molecule has 4 aromatic rings. The topological polar surface area (TPSA) is 82.5 Å². The van der Waals surface area contributed by atoms with Crippen molar-refractivity contribution in [2.75, 3.05) is 13.1 Å². The van der Waals surface area contributed by atoms with Gasteiger partial charge in [0.05, 0.1) is 0 Å². The van der Waals surface area contributed by atoms with Crippen molar-refractivity contribution in [3.05, 3.63) is 82.0 Å². The van der Waals surface area contributed by atoms with Gasteiger partial charge in [-0.2, -0.15) is 0 Å². The van der Waals surface area contributed by atoms with Crippen LogP contribution in [0.4, 0.5) is 0 Å². The summed E-state index contributed by atoms with van der Waals surface area (Å²) in [5.41, 5.74) is 3.95. The van der Waals surface area contributed by atoms with Gasteiger partial charge >= 0.3 is 0 Å². The van der Waals surface area contributed by atoms with Gasteiger partial charge in [-0.25, -0.2) is 4.98 Å². The minimum Gasteiger partial charge on any atom is -0.357 e. The summed E-state index contributed by atoms with van der Waals surface area (Å²) >= 11 is 0. The lowest BCUT2D eigenvalue weighted by Crippen LogP contribution is -2.26. The van der Waals surface area contributed by atoms with Crippen LogP contribution in [0.3, 0.4) is 0 Å². The molecule has 1 aliphatic rings. The number of amides is 1. The average Bonchev–Trinajstić information content (AvgIpc) is 3.33. The molecule has 0 radical (unpaired) electrons. The Bertz CT molecular complexity index is 1370. The van der Waals surface area contributed by atoms with Gasteiger partial charge in [-0.1, -0.05) is 32.0 Å². The lowest BCUT2D eigenvalue weighted by molar-refractivity contribution is 0.0946. The zero-order valence-corrected chi connectivity index (χ0v) is 18.4. The normalized spacial score (nSPS) is 16.1. The fourth-order valence-corrected chi connectivity index (χ4v) is 4.47. The monoisotopic (exact) mass is 429 g/mol. The number of H-pyrrole nitrogens is 1. The Hall–Kier alpha value is -3.45. The second-order valence-electron chi connectivity index (χ2n) is 9.43. The van der Waals surface area contributed by atoms with Gasteiger partial charge in [0.25, 0.3) is 11.5 Å². The number of carbonyl (C=O) groups excluding carboxylic acids is 1. The molecule has 32 heavy (non-hydrogen) atoms. The van der Waals surface area contributed by atoms with Crippen molar-refractivity contribution < 1.29 is 4.79 Å². The van der Waals surface area contributed by atoms with E-state index < -0.39 is 0 Å². The van der Waals surface area contributed by atoms with E-state index in [2.05, 4.69) is 52.2 Å². The molecular weight excluding hydrogens is 402 g/mol. The number of nitrogens with zero attached hydrogens (tertiary/aromatic N) is 3. The number of nitrogens with one attached hydrogen (secondary N) is 2. The number of hydrogen-bond donors (Lipinski definition) is 2. The standard InChI is InChI=1S/C25H27N5O2/c1-25(2)8-10-29(16-25)15-19-12-18-7-6-17(11-20(18)27-19)14-26-24(32)21-13-23(31)30-9-4-3-5-22(30)28-21/h3-7,9,11-13,27H,8,10,14-16H2,1-2H3,(H,26,32). The van der Waals surface area contributed by atoms with Gasteiger partial charge in [0.1, 0.15) is 11.3 Å². The highest BCUT2D eigenvalue weighted by atomic mass is 16.2. The fourth-order valence-electron chi connectivity index (χ4n) is 4.47. The van der Waals surface area contributed by atoms with Crippen LogP contribution < -0.4 is 10.9 Å². The van der Waals surface area contributed by atoms with Crippen LogP contribution in [0, 0.1) is 5.41 Å². The summed E-state index contributed by atoms with van der Waals surface area (Å²) in [4.78, 5) is 35.1. The van der Waals surface area contributed by atoms with Crippen molar-refractivity contribution >= 4 is 22.5 Å². The summed E-state index contributed by atoms with van der Waals surface area (Å²) in [6.07, 6.45) is 2.87. The third-order valence-electron chi connectivity index (χ3n) is 6.15. The molecule has 164 valence electrons. The lowest BCUT2D eigenvalue weighted by atomic mass is 9.93. The fraction of sp³-hybridized carbons (Fsp3) is 0.320. The van der Waals surface area contributed by atoms with Crippen LogP contribution in [0.15, 0.2) is 59.5 Å². The van der Waals surface area contributed by atoms with Gasteiger partial charge in [-0.05, 0) is 53.6 Å². The molecule has 0 atom stereocenters. The van der Waals surface area contributed by atoms with Crippen LogP contribution in [0.2, 0.25) is 0 Å². The van der Waals surface area contributed by atoms with Crippen molar-refractivity contribution in [2.45, 2.75) is 33.4 Å². The van der Waals surface area contributed by atoms with Gasteiger partial charge in [0, 0.05) is 43.1 Å². The van der Waals surface area contributed by atoms with E-state index in [1.165, 1.54) is 22.6 Å². The van der Waals surface area contributed by atoms with E-state index in [-0.39, 0.29) is 17.2 Å². The molecule has 0 unspecified atom stereocenters. The molecule has 0 spiro atoms. The summed E-state index contributed by atoms with van der Waals surface area (Å²) in [7, 11) is 0. The summed E-state index contributed by atoms with van der Waals surface area (Å²) < 4.78 is 1.41. The first-order valence-corrected chi connectivity index (χ1v) is 11.0. The molecule has 0 bridgehead atoms. The third kappa shape index (κ3) is 4.16. The maximum Gasteiger partial charge on any atom is 0.270 e. The van der Waals surface area contributed by atoms with Crippen LogP contribution in [0.5, 0.6) is 0 Å². The van der Waals surface area contributed by atoms with Crippen LogP contribution >= 0.6 is 0 Å². The van der Waals surface area contributed by atoms with Gasteiger partial charge in [-0.3, -0.25) is 18.9 Å². The van der Waals surface area contributed by atoms with E-state index in [9.17, 15) is 9.59 Å². The Morgan fingerprint density at radius 2 is 2.06 bits per heavy atom. The smallest absolute Gasteiger partial charge is 0.270 e. The zero-order chi connectivity index (χ0) is 22.3. The molecule has 7 nitrogen and oxygen atoms in total. The van der Waals surface area contributed by atoms with E-state index in [0.717, 1.165) is 36.1 Å². The minimum atomic E-state index is -0.364. The maximum atomic E-state index is 12.6. The van der Waals surface area contributed by atoms with E-state index in [1.807, 2.05) is 6.07 Å². The summed E-state index contributed by atoms with van der Waals surface area (Å²) in [5, 5.41) is 4.04. The number of rotatable bonds is 5. The van der Waals surface area contributed by atoms with Crippen LogP contribution in [0.1, 0.15) is 42.0 Å². The molecule has 7 heteroatoms. The highest BCUT2D eigenvalue weighted by Crippen LogP contribution is 2.30. The molecule has 3 aromatic heterocycles. The predicted molar refractivity (Wildman–Crippen MR) is 125 cm³/mol. The van der Waals surface area contributed by atoms with E-state index in [1.54, 1.807) is 24.4 Å². The third-order valence-corrected chi connectivity index (χ3v) is 6.15. The van der Waals surface area contributed by atoms with Gasteiger partial charge in [-0.15, -0.1) is 0 Å².